The van der Waals surface area contributed by atoms with Crippen molar-refractivity contribution in [3.05, 3.63) is 47.4 Å². The van der Waals surface area contributed by atoms with Gasteiger partial charge in [-0.3, -0.25) is 0 Å². The lowest BCUT2D eigenvalue weighted by Gasteiger charge is -1.99. The summed E-state index contributed by atoms with van der Waals surface area (Å²) in [6, 6.07) is 7.96. The van der Waals surface area contributed by atoms with Gasteiger partial charge in [-0.15, -0.1) is 15.3 Å². The highest BCUT2D eigenvalue weighted by Crippen LogP contribution is 2.29. The molecule has 0 amide bonds. The van der Waals surface area contributed by atoms with E-state index in [-0.39, 0.29) is 0 Å². The van der Waals surface area contributed by atoms with E-state index >= 15 is 0 Å². The first-order valence-electron chi connectivity index (χ1n) is 5.94. The Balaban J connectivity index is 1.89. The van der Waals surface area contributed by atoms with Crippen molar-refractivity contribution in [2.24, 2.45) is 0 Å². The van der Waals surface area contributed by atoms with Gasteiger partial charge in [-0.25, -0.2) is 4.39 Å². The van der Waals surface area contributed by atoms with Crippen LogP contribution in [-0.4, -0.2) is 19.8 Å². The molecule has 0 saturated heterocycles. The molecule has 0 aliphatic heterocycles. The molecule has 4 aromatic rings. The molecular weight excluding hydrogens is 315 g/mol. The Bertz CT molecular complexity index is 931. The monoisotopic (exact) mass is 320 g/mol. The minimum absolute atomic E-state index is 0.295. The molecular formula is C13H6ClFN4OS. The van der Waals surface area contributed by atoms with Crippen LogP contribution in [-0.2, 0) is 0 Å². The molecule has 0 spiro atoms. The fraction of sp³-hybridized carbons (Fsp3) is 0. The number of benzene rings is 1. The normalized spacial score (nSPS) is 11.3. The minimum Gasteiger partial charge on any atom is -0.462 e. The second-order valence-electron chi connectivity index (χ2n) is 4.23. The van der Waals surface area contributed by atoms with Crippen molar-refractivity contribution in [3.8, 4) is 22.2 Å². The van der Waals surface area contributed by atoms with Gasteiger partial charge in [0, 0.05) is 5.02 Å². The van der Waals surface area contributed by atoms with Crippen LogP contribution >= 0.6 is 22.9 Å². The first kappa shape index (κ1) is 12.5. The van der Waals surface area contributed by atoms with E-state index in [2.05, 4.69) is 15.3 Å². The number of furan rings is 1. The van der Waals surface area contributed by atoms with Crippen molar-refractivity contribution in [1.29, 1.82) is 0 Å². The molecule has 0 N–H and O–H groups in total. The summed E-state index contributed by atoms with van der Waals surface area (Å²) in [7, 11) is 0. The van der Waals surface area contributed by atoms with E-state index in [0.717, 1.165) is 0 Å². The average Bonchev–Trinajstić information content (AvgIpc) is 3.14. The van der Waals surface area contributed by atoms with Gasteiger partial charge in [0.15, 0.2) is 16.6 Å². The highest BCUT2D eigenvalue weighted by atomic mass is 35.5. The predicted octanol–water partition coefficient (Wildman–Crippen LogP) is 3.91. The van der Waals surface area contributed by atoms with Gasteiger partial charge in [-0.05, 0) is 30.3 Å². The Hall–Kier alpha value is -2.25. The fourth-order valence-corrected chi connectivity index (χ4v) is 2.92. The largest absolute Gasteiger partial charge is 0.462 e. The van der Waals surface area contributed by atoms with Crippen LogP contribution in [0, 0.1) is 5.82 Å². The SMILES string of the molecule is Fc1cc(Cl)ccc1-c1nnc2sc(-c3ccco3)nn12. The maximum Gasteiger partial charge on any atom is 0.235 e. The van der Waals surface area contributed by atoms with Crippen LogP contribution in [0.5, 0.6) is 0 Å². The molecule has 0 aliphatic carbocycles. The van der Waals surface area contributed by atoms with Gasteiger partial charge in [0.2, 0.25) is 4.96 Å². The number of fused-ring (bicyclic) bond motifs is 1. The number of halogens is 2. The highest BCUT2D eigenvalue weighted by Gasteiger charge is 2.18. The van der Waals surface area contributed by atoms with E-state index in [0.29, 0.717) is 32.1 Å². The van der Waals surface area contributed by atoms with Crippen molar-refractivity contribution < 1.29 is 8.81 Å². The fourth-order valence-electron chi connectivity index (χ4n) is 1.96. The van der Waals surface area contributed by atoms with E-state index in [1.54, 1.807) is 30.5 Å². The molecule has 0 fully saturated rings. The van der Waals surface area contributed by atoms with Crippen LogP contribution < -0.4 is 0 Å². The first-order chi connectivity index (χ1) is 10.2. The van der Waals surface area contributed by atoms with Gasteiger partial charge < -0.3 is 4.42 Å². The van der Waals surface area contributed by atoms with Crippen LogP contribution in [0.2, 0.25) is 5.02 Å². The molecule has 0 saturated carbocycles. The number of rotatable bonds is 2. The van der Waals surface area contributed by atoms with Crippen LogP contribution in [0.3, 0.4) is 0 Å². The lowest BCUT2D eigenvalue weighted by molar-refractivity contribution is 0.580. The third-order valence-corrected chi connectivity index (χ3v) is 4.04. The van der Waals surface area contributed by atoms with Gasteiger partial charge in [-0.1, -0.05) is 22.9 Å². The zero-order valence-electron chi connectivity index (χ0n) is 10.3. The summed E-state index contributed by atoms with van der Waals surface area (Å²) < 4.78 is 20.8. The van der Waals surface area contributed by atoms with Gasteiger partial charge in [-0.2, -0.15) is 4.52 Å². The standard InChI is InChI=1S/C13H6ClFN4OS/c14-7-3-4-8(9(15)6-7)11-16-17-13-19(11)18-12(21-13)10-2-1-5-20-10/h1-6H. The Morgan fingerprint density at radius 1 is 1.24 bits per heavy atom. The lowest BCUT2D eigenvalue weighted by Crippen LogP contribution is -1.93. The van der Waals surface area contributed by atoms with Crippen LogP contribution in [0.1, 0.15) is 0 Å². The summed E-state index contributed by atoms with van der Waals surface area (Å²) in [5.74, 6) is 0.491. The molecule has 0 unspecified atom stereocenters. The predicted molar refractivity (Wildman–Crippen MR) is 76.8 cm³/mol. The summed E-state index contributed by atoms with van der Waals surface area (Å²) in [5, 5.41) is 13.4. The topological polar surface area (TPSA) is 56.2 Å². The van der Waals surface area contributed by atoms with E-state index in [4.69, 9.17) is 16.0 Å². The van der Waals surface area contributed by atoms with Gasteiger partial charge in [0.1, 0.15) is 5.82 Å². The quantitative estimate of drug-likeness (QED) is 0.562. The number of nitrogens with zero attached hydrogens (tertiary/aromatic N) is 4. The Kier molecular flexibility index (Phi) is 2.76. The Labute approximate surface area is 126 Å². The van der Waals surface area contributed by atoms with Gasteiger partial charge in [0.25, 0.3) is 0 Å². The zero-order valence-corrected chi connectivity index (χ0v) is 11.9. The number of aromatic nitrogens is 4. The summed E-state index contributed by atoms with van der Waals surface area (Å²) in [4.78, 5) is 0.561. The van der Waals surface area contributed by atoms with Crippen molar-refractivity contribution in [2.45, 2.75) is 0 Å². The van der Waals surface area contributed by atoms with Crippen LogP contribution in [0.4, 0.5) is 4.39 Å². The maximum atomic E-state index is 14.0. The third-order valence-electron chi connectivity index (χ3n) is 2.89. The van der Waals surface area contributed by atoms with E-state index < -0.39 is 5.82 Å². The molecule has 5 nitrogen and oxygen atoms in total. The molecule has 3 heterocycles. The summed E-state index contributed by atoms with van der Waals surface area (Å²) in [5.41, 5.74) is 0.295. The summed E-state index contributed by atoms with van der Waals surface area (Å²) >= 11 is 7.07. The maximum absolute atomic E-state index is 14.0. The zero-order chi connectivity index (χ0) is 14.4. The van der Waals surface area contributed by atoms with Crippen molar-refractivity contribution in [2.75, 3.05) is 0 Å². The molecule has 104 valence electrons. The molecule has 4 rings (SSSR count). The third kappa shape index (κ3) is 2.01. The summed E-state index contributed by atoms with van der Waals surface area (Å²) in [6.45, 7) is 0. The second-order valence-corrected chi connectivity index (χ2v) is 5.62. The smallest absolute Gasteiger partial charge is 0.235 e. The van der Waals surface area contributed by atoms with Crippen molar-refractivity contribution >= 4 is 27.9 Å². The molecule has 0 radical (unpaired) electrons. The van der Waals surface area contributed by atoms with Gasteiger partial charge >= 0.3 is 0 Å². The lowest BCUT2D eigenvalue weighted by atomic mass is 10.2. The first-order valence-corrected chi connectivity index (χ1v) is 7.13. The Morgan fingerprint density at radius 3 is 2.90 bits per heavy atom. The van der Waals surface area contributed by atoms with Crippen LogP contribution in [0.25, 0.3) is 27.1 Å². The molecule has 0 bridgehead atoms. The molecule has 3 aromatic heterocycles. The minimum atomic E-state index is -0.468. The van der Waals surface area contributed by atoms with Crippen LogP contribution in [0.15, 0.2) is 41.0 Å². The van der Waals surface area contributed by atoms with Crippen molar-refractivity contribution in [3.63, 3.8) is 0 Å². The molecule has 21 heavy (non-hydrogen) atoms. The average molecular weight is 321 g/mol. The van der Waals surface area contributed by atoms with Crippen molar-refractivity contribution in [1.82, 2.24) is 19.8 Å². The molecule has 8 heteroatoms. The van der Waals surface area contributed by atoms with E-state index in [9.17, 15) is 4.39 Å². The molecule has 0 aliphatic rings. The van der Waals surface area contributed by atoms with E-state index in [1.165, 1.54) is 21.9 Å². The van der Waals surface area contributed by atoms with E-state index in [1.807, 2.05) is 0 Å². The second kappa shape index (κ2) is 4.64. The Morgan fingerprint density at radius 2 is 2.14 bits per heavy atom. The molecule has 0 atom stereocenters. The molecule has 1 aromatic carbocycles. The van der Waals surface area contributed by atoms with Gasteiger partial charge in [0.05, 0.1) is 11.8 Å². The summed E-state index contributed by atoms with van der Waals surface area (Å²) in [6.07, 6.45) is 1.57. The number of hydrogen-bond acceptors (Lipinski definition) is 5. The highest BCUT2D eigenvalue weighted by molar-refractivity contribution is 7.19. The number of hydrogen-bond donors (Lipinski definition) is 0.